The van der Waals surface area contributed by atoms with Gasteiger partial charge in [-0.25, -0.2) is 8.78 Å². The molecule has 0 atom stereocenters. The zero-order chi connectivity index (χ0) is 17.8. The highest BCUT2D eigenvalue weighted by Crippen LogP contribution is 2.24. The first-order chi connectivity index (χ1) is 12.0. The van der Waals surface area contributed by atoms with E-state index >= 15 is 0 Å². The van der Waals surface area contributed by atoms with Crippen molar-refractivity contribution in [2.24, 2.45) is 0 Å². The van der Waals surface area contributed by atoms with E-state index in [9.17, 15) is 13.6 Å². The third kappa shape index (κ3) is 3.94. The highest BCUT2D eigenvalue weighted by molar-refractivity contribution is 5.94. The molecule has 0 amide bonds. The van der Waals surface area contributed by atoms with E-state index in [1.54, 1.807) is 0 Å². The Bertz CT molecular complexity index is 899. The quantitative estimate of drug-likeness (QED) is 0.478. The lowest BCUT2D eigenvalue weighted by atomic mass is 10.1. The smallest absolute Gasteiger partial charge is 0.190 e. The fourth-order valence-electron chi connectivity index (χ4n) is 2.46. The van der Waals surface area contributed by atoms with Crippen molar-refractivity contribution in [2.45, 2.75) is 6.92 Å². The number of halogens is 2. The van der Waals surface area contributed by atoms with Crippen molar-refractivity contribution >= 4 is 16.6 Å². The summed E-state index contributed by atoms with van der Waals surface area (Å²) < 4.78 is 38.4. The highest BCUT2D eigenvalue weighted by Gasteiger charge is 2.14. The van der Waals surface area contributed by atoms with Gasteiger partial charge in [-0.2, -0.15) is 0 Å². The second-order valence-electron chi connectivity index (χ2n) is 5.53. The molecule has 0 N–H and O–H groups in total. The molecule has 0 spiro atoms. The molecule has 0 aromatic heterocycles. The molecular weight excluding hydrogens is 326 g/mol. The summed E-state index contributed by atoms with van der Waals surface area (Å²) in [4.78, 5) is 11.2. The van der Waals surface area contributed by atoms with Crippen molar-refractivity contribution in [1.82, 2.24) is 0 Å². The maximum Gasteiger partial charge on any atom is 0.190 e. The van der Waals surface area contributed by atoms with Crippen LogP contribution in [-0.4, -0.2) is 19.0 Å². The molecule has 0 aliphatic heterocycles. The number of rotatable bonds is 6. The molecule has 0 radical (unpaired) electrons. The molecule has 3 aromatic rings. The Kier molecular flexibility index (Phi) is 4.93. The average Bonchev–Trinajstić information content (AvgIpc) is 2.60. The van der Waals surface area contributed by atoms with Gasteiger partial charge in [0.2, 0.25) is 0 Å². The van der Waals surface area contributed by atoms with Crippen LogP contribution in [0.25, 0.3) is 10.8 Å². The van der Waals surface area contributed by atoms with Crippen LogP contribution < -0.4 is 9.47 Å². The third-order valence-corrected chi connectivity index (χ3v) is 3.72. The second kappa shape index (κ2) is 7.30. The van der Waals surface area contributed by atoms with Gasteiger partial charge in [-0.3, -0.25) is 4.79 Å². The van der Waals surface area contributed by atoms with Gasteiger partial charge >= 0.3 is 0 Å². The molecule has 0 heterocycles. The zero-order valence-corrected chi connectivity index (χ0v) is 13.6. The predicted molar refractivity (Wildman–Crippen MR) is 91.3 cm³/mol. The van der Waals surface area contributed by atoms with E-state index in [0.29, 0.717) is 5.75 Å². The van der Waals surface area contributed by atoms with E-state index in [1.807, 2.05) is 42.5 Å². The molecule has 128 valence electrons. The van der Waals surface area contributed by atoms with Crippen LogP contribution in [-0.2, 0) is 0 Å². The van der Waals surface area contributed by atoms with E-state index in [2.05, 4.69) is 0 Å². The van der Waals surface area contributed by atoms with Gasteiger partial charge in [-0.05, 0) is 42.0 Å². The lowest BCUT2D eigenvalue weighted by Crippen LogP contribution is -2.11. The van der Waals surface area contributed by atoms with Crippen LogP contribution in [0.1, 0.15) is 17.3 Å². The van der Waals surface area contributed by atoms with Crippen LogP contribution in [0, 0.1) is 11.6 Å². The largest absolute Gasteiger partial charge is 0.490 e. The maximum absolute atomic E-state index is 13.8. The Morgan fingerprint density at radius 3 is 2.20 bits per heavy atom. The Morgan fingerprint density at radius 2 is 1.52 bits per heavy atom. The molecule has 25 heavy (non-hydrogen) atoms. The van der Waals surface area contributed by atoms with Gasteiger partial charge < -0.3 is 9.47 Å². The van der Waals surface area contributed by atoms with Crippen molar-refractivity contribution in [2.75, 3.05) is 13.2 Å². The molecule has 3 aromatic carbocycles. The lowest BCUT2D eigenvalue weighted by molar-refractivity contribution is 0.101. The Hall–Kier alpha value is -2.95. The standard InChI is InChI=1S/C20H16F2O3/c1-13(23)16-11-18(21)20(19(22)12-16)25-9-8-24-17-7-6-14-4-2-3-5-15(14)10-17/h2-7,10-12H,8-9H2,1H3. The average molecular weight is 342 g/mol. The first-order valence-corrected chi connectivity index (χ1v) is 7.79. The number of fused-ring (bicyclic) bond motifs is 1. The van der Waals surface area contributed by atoms with E-state index in [4.69, 9.17) is 9.47 Å². The Balaban J connectivity index is 1.60. The number of carbonyl (C=O) groups excluding carboxylic acids is 1. The number of carbonyl (C=O) groups is 1. The Labute approximate surface area is 143 Å². The van der Waals surface area contributed by atoms with Crippen molar-refractivity contribution in [3.63, 3.8) is 0 Å². The van der Waals surface area contributed by atoms with Gasteiger partial charge in [0, 0.05) is 5.56 Å². The first kappa shape index (κ1) is 16.9. The molecule has 0 saturated carbocycles. The van der Waals surface area contributed by atoms with Gasteiger partial charge in [0.25, 0.3) is 0 Å². The monoisotopic (exact) mass is 342 g/mol. The maximum atomic E-state index is 13.8. The minimum absolute atomic E-state index is 0.0277. The number of hydrogen-bond acceptors (Lipinski definition) is 3. The second-order valence-corrected chi connectivity index (χ2v) is 5.53. The van der Waals surface area contributed by atoms with E-state index < -0.39 is 23.2 Å². The summed E-state index contributed by atoms with van der Waals surface area (Å²) in [6.07, 6.45) is 0. The van der Waals surface area contributed by atoms with Gasteiger partial charge in [0.1, 0.15) is 19.0 Å². The summed E-state index contributed by atoms with van der Waals surface area (Å²) in [7, 11) is 0. The topological polar surface area (TPSA) is 35.5 Å². The normalized spacial score (nSPS) is 10.7. The highest BCUT2D eigenvalue weighted by atomic mass is 19.1. The molecule has 0 aliphatic rings. The van der Waals surface area contributed by atoms with Crippen LogP contribution >= 0.6 is 0 Å². The Morgan fingerprint density at radius 1 is 0.880 bits per heavy atom. The number of hydrogen-bond donors (Lipinski definition) is 0. The van der Waals surface area contributed by atoms with Crippen LogP contribution in [0.15, 0.2) is 54.6 Å². The van der Waals surface area contributed by atoms with Gasteiger partial charge in [0.15, 0.2) is 23.2 Å². The van der Waals surface area contributed by atoms with E-state index in [1.165, 1.54) is 6.92 Å². The fourth-order valence-corrected chi connectivity index (χ4v) is 2.46. The third-order valence-electron chi connectivity index (χ3n) is 3.72. The number of ketones is 1. The SMILES string of the molecule is CC(=O)c1cc(F)c(OCCOc2ccc3ccccc3c2)c(F)c1. The van der Waals surface area contributed by atoms with Crippen molar-refractivity contribution in [3.8, 4) is 11.5 Å². The first-order valence-electron chi connectivity index (χ1n) is 7.79. The fraction of sp³-hybridized carbons (Fsp3) is 0.150. The summed E-state index contributed by atoms with van der Waals surface area (Å²) in [6, 6.07) is 15.4. The molecule has 0 unspecified atom stereocenters. The molecule has 3 rings (SSSR count). The van der Waals surface area contributed by atoms with Gasteiger partial charge in [-0.15, -0.1) is 0 Å². The molecular formula is C20H16F2O3. The number of benzene rings is 3. The molecule has 0 bridgehead atoms. The van der Waals surface area contributed by atoms with Crippen molar-refractivity contribution < 1.29 is 23.0 Å². The molecule has 3 nitrogen and oxygen atoms in total. The van der Waals surface area contributed by atoms with E-state index in [-0.39, 0.29) is 18.8 Å². The summed E-state index contributed by atoms with van der Waals surface area (Å²) >= 11 is 0. The summed E-state index contributed by atoms with van der Waals surface area (Å²) in [5.74, 6) is -2.09. The number of ether oxygens (including phenoxy) is 2. The zero-order valence-electron chi connectivity index (χ0n) is 13.6. The van der Waals surface area contributed by atoms with Gasteiger partial charge in [-0.1, -0.05) is 30.3 Å². The van der Waals surface area contributed by atoms with Crippen molar-refractivity contribution in [1.29, 1.82) is 0 Å². The lowest BCUT2D eigenvalue weighted by Gasteiger charge is -2.11. The predicted octanol–water partition coefficient (Wildman–Crippen LogP) is 4.78. The minimum Gasteiger partial charge on any atom is -0.490 e. The minimum atomic E-state index is -0.907. The summed E-state index contributed by atoms with van der Waals surface area (Å²) in [5, 5.41) is 2.14. The molecule has 0 aliphatic carbocycles. The van der Waals surface area contributed by atoms with Crippen LogP contribution in [0.2, 0.25) is 0 Å². The summed E-state index contributed by atoms with van der Waals surface area (Å²) in [5.41, 5.74) is -0.0326. The van der Waals surface area contributed by atoms with Crippen LogP contribution in [0.3, 0.4) is 0 Å². The molecule has 0 fully saturated rings. The molecule has 0 saturated heterocycles. The molecule has 5 heteroatoms. The van der Waals surface area contributed by atoms with Crippen LogP contribution in [0.5, 0.6) is 11.5 Å². The van der Waals surface area contributed by atoms with Gasteiger partial charge in [0.05, 0.1) is 0 Å². The van der Waals surface area contributed by atoms with Crippen LogP contribution in [0.4, 0.5) is 8.78 Å². The number of Topliss-reactive ketones (excluding diaryl/α,β-unsaturated/α-hetero) is 1. The summed E-state index contributed by atoms with van der Waals surface area (Å²) in [6.45, 7) is 1.35. The van der Waals surface area contributed by atoms with Crippen molar-refractivity contribution in [3.05, 3.63) is 71.8 Å². The van der Waals surface area contributed by atoms with E-state index in [0.717, 1.165) is 22.9 Å².